The fraction of sp³-hybridized carbons (Fsp3) is 0.900. The van der Waals surface area contributed by atoms with Crippen molar-refractivity contribution in [2.45, 2.75) is 218 Å². The molecular weight excluding hydrogens is 671 g/mol. The van der Waals surface area contributed by atoms with E-state index < -0.39 is 44.7 Å². The van der Waals surface area contributed by atoms with Crippen LogP contribution in [0.1, 0.15) is 200 Å². The molecule has 0 aromatic rings. The maximum atomic E-state index is 12.4. The van der Waals surface area contributed by atoms with Crippen molar-refractivity contribution < 1.29 is 48.2 Å². The van der Waals surface area contributed by atoms with Gasteiger partial charge in [-0.25, -0.2) is 4.57 Å². The number of aliphatic hydroxyl groups is 2. The van der Waals surface area contributed by atoms with E-state index in [-0.39, 0.29) is 19.4 Å². The van der Waals surface area contributed by atoms with Gasteiger partial charge in [0.05, 0.1) is 18.8 Å². The van der Waals surface area contributed by atoms with E-state index >= 15 is 0 Å². The van der Waals surface area contributed by atoms with Gasteiger partial charge in [-0.1, -0.05) is 161 Å². The standard InChI is InChI=1S/C40H77O10P/c1-3-5-7-9-11-12-13-14-15-16-17-18-19-20-24-28-32-39(43)48-34-36(35-49-51(45,46)47)50-40(44)33-29-25-21-23-27-31-38(42)37(41)30-26-22-10-8-6-4-2/h22,26,36-38,41-42H,3-21,23-25,27-35H2,1-2H3,(H2,45,46,47)/b26-22-/t36-,37+,38+/m1/s1. The molecule has 0 spiro atoms. The molecule has 0 saturated carbocycles. The highest BCUT2D eigenvalue weighted by molar-refractivity contribution is 7.46. The summed E-state index contributed by atoms with van der Waals surface area (Å²) < 4.78 is 26.3. The van der Waals surface area contributed by atoms with E-state index in [0.29, 0.717) is 25.7 Å². The minimum Gasteiger partial charge on any atom is -0.462 e. The van der Waals surface area contributed by atoms with Crippen LogP contribution in [0.5, 0.6) is 0 Å². The number of hydrogen-bond donors (Lipinski definition) is 4. The third-order valence-electron chi connectivity index (χ3n) is 9.23. The van der Waals surface area contributed by atoms with Gasteiger partial charge in [0.25, 0.3) is 0 Å². The van der Waals surface area contributed by atoms with Crippen molar-refractivity contribution in [2.75, 3.05) is 13.2 Å². The lowest BCUT2D eigenvalue weighted by Crippen LogP contribution is -2.29. The van der Waals surface area contributed by atoms with Crippen molar-refractivity contribution in [1.82, 2.24) is 0 Å². The summed E-state index contributed by atoms with van der Waals surface area (Å²) in [5.41, 5.74) is 0. The summed E-state index contributed by atoms with van der Waals surface area (Å²) in [4.78, 5) is 42.8. The van der Waals surface area contributed by atoms with Crippen molar-refractivity contribution in [2.24, 2.45) is 0 Å². The highest BCUT2D eigenvalue weighted by Gasteiger charge is 2.23. The summed E-state index contributed by atoms with van der Waals surface area (Å²) in [5.74, 6) is -0.987. The molecule has 0 unspecified atom stereocenters. The number of ether oxygens (including phenoxy) is 2. The molecule has 0 amide bonds. The Morgan fingerprint density at radius 2 is 1.02 bits per heavy atom. The second kappa shape index (κ2) is 35.7. The first-order valence-electron chi connectivity index (χ1n) is 20.6. The van der Waals surface area contributed by atoms with E-state index in [1.165, 1.54) is 89.9 Å². The maximum absolute atomic E-state index is 12.4. The molecule has 51 heavy (non-hydrogen) atoms. The van der Waals surface area contributed by atoms with Crippen LogP contribution in [0, 0.1) is 0 Å². The first-order chi connectivity index (χ1) is 24.6. The Bertz CT molecular complexity index is 877. The maximum Gasteiger partial charge on any atom is 0.469 e. The van der Waals surface area contributed by atoms with Gasteiger partial charge in [0.1, 0.15) is 6.61 Å². The van der Waals surface area contributed by atoms with Crippen molar-refractivity contribution >= 4 is 19.8 Å². The number of phosphoric ester groups is 1. The number of allylic oxidation sites excluding steroid dienone is 1. The highest BCUT2D eigenvalue weighted by Crippen LogP contribution is 2.36. The predicted octanol–water partition coefficient (Wildman–Crippen LogP) is 10.2. The molecule has 0 aromatic carbocycles. The summed E-state index contributed by atoms with van der Waals surface area (Å²) in [6, 6.07) is 0. The zero-order valence-electron chi connectivity index (χ0n) is 32.5. The Hall–Kier alpha value is -1.29. The zero-order chi connectivity index (χ0) is 37.8. The second-order valence-electron chi connectivity index (χ2n) is 14.3. The van der Waals surface area contributed by atoms with Gasteiger partial charge in [0.15, 0.2) is 6.10 Å². The molecule has 302 valence electrons. The van der Waals surface area contributed by atoms with Crippen LogP contribution in [0.15, 0.2) is 12.2 Å². The lowest BCUT2D eigenvalue weighted by Gasteiger charge is -2.18. The summed E-state index contributed by atoms with van der Waals surface area (Å²) in [7, 11) is -4.79. The molecule has 0 radical (unpaired) electrons. The normalized spacial score (nSPS) is 13.8. The number of unbranched alkanes of at least 4 members (excludes halogenated alkanes) is 22. The van der Waals surface area contributed by atoms with E-state index in [4.69, 9.17) is 19.3 Å². The van der Waals surface area contributed by atoms with E-state index in [0.717, 1.165) is 57.8 Å². The zero-order valence-corrected chi connectivity index (χ0v) is 33.4. The number of hydrogen-bond acceptors (Lipinski definition) is 8. The molecule has 0 heterocycles. The number of esters is 2. The Kier molecular flexibility index (Phi) is 34.8. The average Bonchev–Trinajstić information content (AvgIpc) is 3.09. The molecule has 0 fully saturated rings. The smallest absolute Gasteiger partial charge is 0.462 e. The summed E-state index contributed by atoms with van der Waals surface area (Å²) >= 11 is 0. The molecule has 11 heteroatoms. The Morgan fingerprint density at radius 1 is 0.569 bits per heavy atom. The van der Waals surface area contributed by atoms with Crippen LogP contribution < -0.4 is 0 Å². The van der Waals surface area contributed by atoms with Gasteiger partial charge in [-0.2, -0.15) is 0 Å². The van der Waals surface area contributed by atoms with Crippen LogP contribution in [-0.4, -0.2) is 63.5 Å². The molecule has 3 atom stereocenters. The van der Waals surface area contributed by atoms with Crippen LogP contribution in [0.3, 0.4) is 0 Å². The van der Waals surface area contributed by atoms with E-state index in [1.54, 1.807) is 0 Å². The fourth-order valence-corrected chi connectivity index (χ4v) is 6.35. The monoisotopic (exact) mass is 749 g/mol. The first kappa shape index (κ1) is 49.7. The molecule has 0 aliphatic rings. The lowest BCUT2D eigenvalue weighted by molar-refractivity contribution is -0.161. The molecule has 0 aliphatic heterocycles. The van der Waals surface area contributed by atoms with Gasteiger partial charge in [0, 0.05) is 12.8 Å². The van der Waals surface area contributed by atoms with Gasteiger partial charge in [-0.05, 0) is 38.5 Å². The fourth-order valence-electron chi connectivity index (χ4n) is 5.99. The van der Waals surface area contributed by atoms with E-state index in [2.05, 4.69) is 24.4 Å². The number of carbonyl (C=O) groups is 2. The van der Waals surface area contributed by atoms with E-state index in [1.807, 2.05) is 6.08 Å². The third-order valence-corrected chi connectivity index (χ3v) is 9.72. The van der Waals surface area contributed by atoms with Crippen molar-refractivity contribution in [3.8, 4) is 0 Å². The molecule has 0 saturated heterocycles. The van der Waals surface area contributed by atoms with Gasteiger partial charge in [-0.15, -0.1) is 0 Å². The average molecular weight is 749 g/mol. The molecular formula is C40H77O10P. The molecule has 0 aromatic heterocycles. The topological polar surface area (TPSA) is 160 Å². The molecule has 4 N–H and O–H groups in total. The van der Waals surface area contributed by atoms with Crippen molar-refractivity contribution in [1.29, 1.82) is 0 Å². The van der Waals surface area contributed by atoms with Gasteiger partial charge in [-0.3, -0.25) is 14.1 Å². The molecule has 0 aliphatic carbocycles. The molecule has 0 bridgehead atoms. The van der Waals surface area contributed by atoms with Crippen LogP contribution in [0.2, 0.25) is 0 Å². The predicted molar refractivity (Wildman–Crippen MR) is 205 cm³/mol. The van der Waals surface area contributed by atoms with E-state index in [9.17, 15) is 24.4 Å². The summed E-state index contributed by atoms with van der Waals surface area (Å²) in [5, 5.41) is 20.3. The molecule has 0 rings (SSSR count). The third kappa shape index (κ3) is 36.8. The van der Waals surface area contributed by atoms with Gasteiger partial charge >= 0.3 is 19.8 Å². The first-order valence-corrected chi connectivity index (χ1v) is 22.2. The van der Waals surface area contributed by atoms with Crippen LogP contribution in [0.4, 0.5) is 0 Å². The Labute approximate surface area is 311 Å². The summed E-state index contributed by atoms with van der Waals surface area (Å²) in [6.07, 6.45) is 31.0. The lowest BCUT2D eigenvalue weighted by atomic mass is 10.0. The van der Waals surface area contributed by atoms with Crippen molar-refractivity contribution in [3.63, 3.8) is 0 Å². The number of rotatable bonds is 38. The number of phosphoric acid groups is 1. The number of aliphatic hydroxyl groups excluding tert-OH is 2. The summed E-state index contributed by atoms with van der Waals surface area (Å²) in [6.45, 7) is 3.51. The van der Waals surface area contributed by atoms with Gasteiger partial charge < -0.3 is 29.5 Å². The van der Waals surface area contributed by atoms with Crippen LogP contribution >= 0.6 is 7.82 Å². The minimum absolute atomic E-state index is 0.117. The quantitative estimate of drug-likeness (QED) is 0.0207. The van der Waals surface area contributed by atoms with Crippen LogP contribution in [-0.2, 0) is 28.2 Å². The molecule has 10 nitrogen and oxygen atoms in total. The minimum atomic E-state index is -4.79. The number of carbonyl (C=O) groups excluding carboxylic acids is 2. The largest absolute Gasteiger partial charge is 0.469 e. The Morgan fingerprint density at radius 3 is 1.53 bits per heavy atom. The highest BCUT2D eigenvalue weighted by atomic mass is 31.2. The second-order valence-corrected chi connectivity index (χ2v) is 15.5. The Balaban J connectivity index is 4.02. The SMILES string of the molecule is CCCCC/C=C\C[C@H](O)[C@@H](O)CCCCCCCC(=O)O[C@H](COC(=O)CCCCCCCCCCCCCCCCCC)COP(=O)(O)O. The van der Waals surface area contributed by atoms with Crippen LogP contribution in [0.25, 0.3) is 0 Å². The van der Waals surface area contributed by atoms with Crippen molar-refractivity contribution in [3.05, 3.63) is 12.2 Å². The van der Waals surface area contributed by atoms with Gasteiger partial charge in [0.2, 0.25) is 0 Å².